The van der Waals surface area contributed by atoms with Crippen molar-refractivity contribution in [3.8, 4) is 22.3 Å². The Morgan fingerprint density at radius 1 is 0.481 bits per heavy atom. The topological polar surface area (TPSA) is 50.9 Å². The summed E-state index contributed by atoms with van der Waals surface area (Å²) in [6.07, 6.45) is 16.1. The lowest BCUT2D eigenvalue weighted by atomic mass is 10.1. The molecule has 260 valence electrons. The SMILES string of the molecule is c1cc2ccc(-c3ccc4c(c3)nc3n4CCN4CCC[C@@H]4C3)cn2c1.c1cc2ccc(-c3ccc4c(c3)nc3n4CCN4CCC[C@H]4C3)cn2c1. The minimum atomic E-state index is 0.698. The number of hydrogen-bond acceptors (Lipinski definition) is 4. The zero-order valence-corrected chi connectivity index (χ0v) is 29.6. The van der Waals surface area contributed by atoms with E-state index in [4.69, 9.17) is 9.97 Å². The van der Waals surface area contributed by atoms with Gasteiger partial charge < -0.3 is 17.9 Å². The second-order valence-electron chi connectivity index (χ2n) is 15.4. The van der Waals surface area contributed by atoms with Gasteiger partial charge in [0.2, 0.25) is 0 Å². The molecule has 0 spiro atoms. The first-order valence-corrected chi connectivity index (χ1v) is 19.3. The first-order chi connectivity index (χ1) is 25.7. The number of fused-ring (bicyclic) bond motifs is 10. The third kappa shape index (κ3) is 5.19. The van der Waals surface area contributed by atoms with E-state index >= 15 is 0 Å². The van der Waals surface area contributed by atoms with Gasteiger partial charge in [0.1, 0.15) is 11.6 Å². The molecule has 0 bridgehead atoms. The van der Waals surface area contributed by atoms with Gasteiger partial charge in [-0.1, -0.05) is 24.3 Å². The molecule has 4 aliphatic heterocycles. The van der Waals surface area contributed by atoms with Crippen LogP contribution in [0.2, 0.25) is 0 Å². The quantitative estimate of drug-likeness (QED) is 0.186. The number of nitrogens with zero attached hydrogens (tertiary/aromatic N) is 8. The van der Waals surface area contributed by atoms with Crippen molar-refractivity contribution in [3.63, 3.8) is 0 Å². The Labute approximate surface area is 303 Å². The van der Waals surface area contributed by atoms with E-state index in [1.165, 1.54) is 94.7 Å². The molecule has 10 heterocycles. The lowest BCUT2D eigenvalue weighted by molar-refractivity contribution is 0.258. The van der Waals surface area contributed by atoms with Crippen molar-refractivity contribution in [2.45, 2.75) is 63.7 Å². The Hall–Kier alpha value is -5.18. The van der Waals surface area contributed by atoms with Crippen LogP contribution in [0.1, 0.15) is 37.3 Å². The van der Waals surface area contributed by atoms with E-state index in [0.717, 1.165) is 50.1 Å². The van der Waals surface area contributed by atoms with Gasteiger partial charge >= 0.3 is 0 Å². The first-order valence-electron chi connectivity index (χ1n) is 19.3. The Balaban J connectivity index is 0.000000123. The summed E-state index contributed by atoms with van der Waals surface area (Å²) in [5.41, 5.74) is 12.2. The summed E-state index contributed by atoms with van der Waals surface area (Å²) >= 11 is 0. The average molecular weight is 685 g/mol. The molecule has 0 unspecified atom stereocenters. The molecule has 2 atom stereocenters. The summed E-state index contributed by atoms with van der Waals surface area (Å²) < 4.78 is 9.26. The zero-order chi connectivity index (χ0) is 34.2. The van der Waals surface area contributed by atoms with Gasteiger partial charge in [-0.3, -0.25) is 9.80 Å². The van der Waals surface area contributed by atoms with Crippen LogP contribution in [0.5, 0.6) is 0 Å². The molecule has 4 aliphatic rings. The Morgan fingerprint density at radius 2 is 0.962 bits per heavy atom. The minimum absolute atomic E-state index is 0.698. The molecular formula is C44H44N8. The van der Waals surface area contributed by atoms with Crippen LogP contribution in [0.3, 0.4) is 0 Å². The lowest BCUT2D eigenvalue weighted by Crippen LogP contribution is -2.30. The molecule has 8 aromatic rings. The number of rotatable bonds is 2. The molecule has 0 amide bonds. The highest BCUT2D eigenvalue weighted by Gasteiger charge is 2.30. The van der Waals surface area contributed by atoms with Crippen molar-refractivity contribution in [3.05, 3.63) is 121 Å². The number of pyridine rings is 2. The van der Waals surface area contributed by atoms with Crippen LogP contribution < -0.4 is 0 Å². The fourth-order valence-electron chi connectivity index (χ4n) is 9.66. The first kappa shape index (κ1) is 30.4. The monoisotopic (exact) mass is 684 g/mol. The van der Waals surface area contributed by atoms with Crippen LogP contribution in [0, 0.1) is 0 Å². The van der Waals surface area contributed by atoms with E-state index in [9.17, 15) is 0 Å². The van der Waals surface area contributed by atoms with Crippen molar-refractivity contribution in [2.24, 2.45) is 0 Å². The Bertz CT molecular complexity index is 2420. The number of hydrogen-bond donors (Lipinski definition) is 0. The molecule has 6 aromatic heterocycles. The third-order valence-electron chi connectivity index (χ3n) is 12.4. The maximum atomic E-state index is 5.04. The van der Waals surface area contributed by atoms with Crippen LogP contribution in [0.4, 0.5) is 0 Å². The fourth-order valence-corrected chi connectivity index (χ4v) is 9.66. The van der Waals surface area contributed by atoms with E-state index < -0.39 is 0 Å². The summed E-state index contributed by atoms with van der Waals surface area (Å²) in [4.78, 5) is 15.4. The van der Waals surface area contributed by atoms with Crippen molar-refractivity contribution >= 4 is 33.1 Å². The molecule has 2 aromatic carbocycles. The number of aromatic nitrogens is 6. The van der Waals surface area contributed by atoms with Gasteiger partial charge in [0, 0.05) is 86.9 Å². The maximum absolute atomic E-state index is 5.04. The molecule has 8 nitrogen and oxygen atoms in total. The fraction of sp³-hybridized carbons (Fsp3) is 0.318. The summed E-state index contributed by atoms with van der Waals surface area (Å²) in [5.74, 6) is 2.54. The van der Waals surface area contributed by atoms with Crippen molar-refractivity contribution in [1.82, 2.24) is 37.7 Å². The molecule has 0 radical (unpaired) electrons. The second-order valence-corrected chi connectivity index (χ2v) is 15.4. The van der Waals surface area contributed by atoms with Crippen molar-refractivity contribution < 1.29 is 0 Å². The molecule has 0 N–H and O–H groups in total. The normalized spacial score (nSPS) is 20.4. The molecule has 8 heteroatoms. The summed E-state index contributed by atoms with van der Waals surface area (Å²) in [6, 6.07) is 32.1. The average Bonchev–Trinajstić information content (AvgIpc) is 4.03. The van der Waals surface area contributed by atoms with Gasteiger partial charge in [0.25, 0.3) is 0 Å². The predicted molar refractivity (Wildman–Crippen MR) is 209 cm³/mol. The predicted octanol–water partition coefficient (Wildman–Crippen LogP) is 7.95. The van der Waals surface area contributed by atoms with E-state index in [0.29, 0.717) is 12.1 Å². The van der Waals surface area contributed by atoms with Gasteiger partial charge in [0.15, 0.2) is 0 Å². The minimum Gasteiger partial charge on any atom is -0.327 e. The molecule has 2 saturated heterocycles. The third-order valence-corrected chi connectivity index (χ3v) is 12.4. The second kappa shape index (κ2) is 12.2. The van der Waals surface area contributed by atoms with Crippen LogP contribution >= 0.6 is 0 Å². The van der Waals surface area contributed by atoms with Gasteiger partial charge in [-0.15, -0.1) is 0 Å². The van der Waals surface area contributed by atoms with Gasteiger partial charge in [0.05, 0.1) is 22.1 Å². The van der Waals surface area contributed by atoms with E-state index in [-0.39, 0.29) is 0 Å². The highest BCUT2D eigenvalue weighted by molar-refractivity contribution is 5.84. The standard InChI is InChI=1S/2C22H22N4/c2*1-3-18-7-5-17(15-25(18)10-1)16-6-8-21-20(13-16)23-22-14-19-4-2-9-24(19)11-12-26(21)22/h2*1,3,5-8,10,13,15,19H,2,4,9,11-12,14H2/t2*19-/m10/s1. The summed E-state index contributed by atoms with van der Waals surface area (Å²) in [6.45, 7) is 6.98. The van der Waals surface area contributed by atoms with E-state index in [1.54, 1.807) is 0 Å². The number of benzene rings is 2. The van der Waals surface area contributed by atoms with Crippen molar-refractivity contribution in [1.29, 1.82) is 0 Å². The van der Waals surface area contributed by atoms with E-state index in [1.807, 2.05) is 0 Å². The molecule has 0 saturated carbocycles. The summed E-state index contributed by atoms with van der Waals surface area (Å²) in [7, 11) is 0. The number of imidazole rings is 2. The Kier molecular flexibility index (Phi) is 7.15. The largest absolute Gasteiger partial charge is 0.327 e. The van der Waals surface area contributed by atoms with Gasteiger partial charge in [-0.25, -0.2) is 9.97 Å². The van der Waals surface area contributed by atoms with Gasteiger partial charge in [-0.2, -0.15) is 0 Å². The highest BCUT2D eigenvalue weighted by Crippen LogP contribution is 2.32. The van der Waals surface area contributed by atoms with Crippen LogP contribution in [-0.4, -0.2) is 76.0 Å². The molecular weight excluding hydrogens is 641 g/mol. The van der Waals surface area contributed by atoms with Gasteiger partial charge in [-0.05, 0) is 122 Å². The highest BCUT2D eigenvalue weighted by atomic mass is 15.2. The van der Waals surface area contributed by atoms with Crippen LogP contribution in [0.15, 0.2) is 110 Å². The van der Waals surface area contributed by atoms with Crippen LogP contribution in [0.25, 0.3) is 55.4 Å². The van der Waals surface area contributed by atoms with Crippen molar-refractivity contribution in [2.75, 3.05) is 26.2 Å². The van der Waals surface area contributed by atoms with Crippen LogP contribution in [-0.2, 0) is 25.9 Å². The molecule has 12 rings (SSSR count). The Morgan fingerprint density at radius 3 is 1.46 bits per heavy atom. The lowest BCUT2D eigenvalue weighted by Gasteiger charge is -2.20. The molecule has 2 fully saturated rings. The molecule has 0 aliphatic carbocycles. The smallest absolute Gasteiger partial charge is 0.111 e. The molecule has 52 heavy (non-hydrogen) atoms. The van der Waals surface area contributed by atoms with E-state index in [2.05, 4.69) is 137 Å². The maximum Gasteiger partial charge on any atom is 0.111 e. The zero-order valence-electron chi connectivity index (χ0n) is 29.6. The summed E-state index contributed by atoms with van der Waals surface area (Å²) in [5, 5.41) is 0.